The lowest BCUT2D eigenvalue weighted by Gasteiger charge is -2.25. The average Bonchev–Trinajstić information content (AvgIpc) is 3.05. The highest BCUT2D eigenvalue weighted by Gasteiger charge is 2.35. The molecule has 2 aromatic rings. The Hall–Kier alpha value is -2.68. The molecular weight excluding hydrogens is 395 g/mol. The molecule has 29 heavy (non-hydrogen) atoms. The van der Waals surface area contributed by atoms with E-state index in [4.69, 9.17) is 4.74 Å². The zero-order valence-electron chi connectivity index (χ0n) is 15.8. The van der Waals surface area contributed by atoms with Crippen molar-refractivity contribution < 1.29 is 31.5 Å². The molecule has 0 radical (unpaired) electrons. The fraction of sp³-hybridized carbons (Fsp3) is 0.350. The number of carbonyl (C=O) groups is 1. The van der Waals surface area contributed by atoms with Gasteiger partial charge in [0.1, 0.15) is 11.6 Å². The molecule has 1 heterocycles. The molecule has 9 heteroatoms. The third-order valence-corrected chi connectivity index (χ3v) is 4.88. The van der Waals surface area contributed by atoms with Gasteiger partial charge in [0.05, 0.1) is 11.3 Å². The molecule has 0 saturated carbocycles. The summed E-state index contributed by atoms with van der Waals surface area (Å²) in [5, 5.41) is 0. The summed E-state index contributed by atoms with van der Waals surface area (Å²) in [7, 11) is 3.13. The van der Waals surface area contributed by atoms with E-state index < -0.39 is 41.3 Å². The van der Waals surface area contributed by atoms with Gasteiger partial charge in [0.25, 0.3) is 0 Å². The van der Waals surface area contributed by atoms with Crippen LogP contribution in [0.4, 0.5) is 32.4 Å². The van der Waals surface area contributed by atoms with Crippen LogP contribution in [-0.2, 0) is 10.9 Å². The van der Waals surface area contributed by atoms with Gasteiger partial charge in [-0.2, -0.15) is 13.2 Å². The number of amides is 1. The van der Waals surface area contributed by atoms with E-state index in [2.05, 4.69) is 0 Å². The Kier molecular flexibility index (Phi) is 5.79. The third kappa shape index (κ3) is 4.34. The van der Waals surface area contributed by atoms with Crippen LogP contribution in [0, 0.1) is 11.6 Å². The van der Waals surface area contributed by atoms with Crippen LogP contribution >= 0.6 is 0 Å². The summed E-state index contributed by atoms with van der Waals surface area (Å²) >= 11 is 0. The number of halogens is 5. The number of carbonyl (C=O) groups excluding carboxylic acids is 1. The van der Waals surface area contributed by atoms with Gasteiger partial charge >= 0.3 is 12.3 Å². The maximum atomic E-state index is 14.6. The van der Waals surface area contributed by atoms with Crippen molar-refractivity contribution in [3.05, 3.63) is 53.6 Å². The van der Waals surface area contributed by atoms with Crippen molar-refractivity contribution in [2.75, 3.05) is 25.5 Å². The van der Waals surface area contributed by atoms with E-state index in [1.54, 1.807) is 7.05 Å². The van der Waals surface area contributed by atoms with Gasteiger partial charge in [0.2, 0.25) is 0 Å². The molecule has 3 rings (SSSR count). The Balaban J connectivity index is 2.00. The Bertz CT molecular complexity index is 916. The summed E-state index contributed by atoms with van der Waals surface area (Å²) in [5.74, 6) is -2.32. The van der Waals surface area contributed by atoms with Crippen molar-refractivity contribution in [1.29, 1.82) is 0 Å². The average molecular weight is 414 g/mol. The van der Waals surface area contributed by atoms with Crippen molar-refractivity contribution in [2.45, 2.75) is 25.2 Å². The van der Waals surface area contributed by atoms with E-state index in [9.17, 15) is 26.7 Å². The van der Waals surface area contributed by atoms with Crippen LogP contribution in [0.1, 0.15) is 18.4 Å². The molecule has 0 unspecified atom stereocenters. The molecule has 0 bridgehead atoms. The summed E-state index contributed by atoms with van der Waals surface area (Å²) in [4.78, 5) is 15.4. The fourth-order valence-electron chi connectivity index (χ4n) is 3.30. The van der Waals surface area contributed by atoms with Gasteiger partial charge in [-0.05, 0) is 44.2 Å². The Morgan fingerprint density at radius 1 is 1.17 bits per heavy atom. The van der Waals surface area contributed by atoms with Gasteiger partial charge in [-0.15, -0.1) is 0 Å². The maximum absolute atomic E-state index is 14.6. The molecule has 156 valence electrons. The predicted molar refractivity (Wildman–Crippen MR) is 97.3 cm³/mol. The van der Waals surface area contributed by atoms with E-state index in [1.807, 2.05) is 4.90 Å². The number of hydrogen-bond acceptors (Lipinski definition) is 3. The SMILES string of the molecule is CN(C(=O)O[C@H]1CCCN1C)c1ccc(F)cc1-c1cccc(C(F)(F)F)c1F. The van der Waals surface area contributed by atoms with Crippen molar-refractivity contribution in [3.63, 3.8) is 0 Å². The normalized spacial score (nSPS) is 17.4. The van der Waals surface area contributed by atoms with Crippen molar-refractivity contribution >= 4 is 11.8 Å². The molecular formula is C20H19F5N2O2. The molecule has 4 nitrogen and oxygen atoms in total. The van der Waals surface area contributed by atoms with Crippen LogP contribution in [0.2, 0.25) is 0 Å². The van der Waals surface area contributed by atoms with Crippen LogP contribution in [-0.4, -0.2) is 37.9 Å². The minimum Gasteiger partial charge on any atom is -0.430 e. The molecule has 1 aliphatic rings. The number of hydrogen-bond donors (Lipinski definition) is 0. The van der Waals surface area contributed by atoms with Crippen molar-refractivity contribution in [2.24, 2.45) is 0 Å². The Labute approximate surface area is 164 Å². The number of alkyl halides is 3. The number of likely N-dealkylation sites (tertiary alicyclic amines) is 1. The summed E-state index contributed by atoms with van der Waals surface area (Å²) in [6.45, 7) is 0.763. The number of ether oxygens (including phenoxy) is 1. The highest BCUT2D eigenvalue weighted by atomic mass is 19.4. The Morgan fingerprint density at radius 3 is 2.52 bits per heavy atom. The van der Waals surface area contributed by atoms with Gasteiger partial charge in [0, 0.05) is 24.7 Å². The van der Waals surface area contributed by atoms with Crippen LogP contribution in [0.25, 0.3) is 11.1 Å². The van der Waals surface area contributed by atoms with Crippen LogP contribution < -0.4 is 4.90 Å². The second-order valence-electron chi connectivity index (χ2n) is 6.85. The van der Waals surface area contributed by atoms with E-state index >= 15 is 0 Å². The van der Waals surface area contributed by atoms with Gasteiger partial charge < -0.3 is 4.74 Å². The molecule has 2 aromatic carbocycles. The van der Waals surface area contributed by atoms with Gasteiger partial charge in [-0.3, -0.25) is 9.80 Å². The molecule has 0 aliphatic carbocycles. The van der Waals surface area contributed by atoms with Gasteiger partial charge in [0.15, 0.2) is 6.23 Å². The molecule has 0 N–H and O–H groups in total. The molecule has 1 saturated heterocycles. The summed E-state index contributed by atoms with van der Waals surface area (Å²) in [6, 6.07) is 5.86. The largest absolute Gasteiger partial charge is 0.430 e. The maximum Gasteiger partial charge on any atom is 0.419 e. The van der Waals surface area contributed by atoms with E-state index in [0.29, 0.717) is 12.5 Å². The summed E-state index contributed by atoms with van der Waals surface area (Å²) in [5.41, 5.74) is -2.10. The number of rotatable bonds is 3. The first kappa shape index (κ1) is 21.0. The first-order valence-electron chi connectivity index (χ1n) is 8.90. The number of nitrogens with zero attached hydrogens (tertiary/aromatic N) is 2. The molecule has 1 aliphatic heterocycles. The Morgan fingerprint density at radius 2 is 1.90 bits per heavy atom. The minimum atomic E-state index is -4.91. The first-order chi connectivity index (χ1) is 13.6. The van der Waals surface area contributed by atoms with Crippen LogP contribution in [0.3, 0.4) is 0 Å². The molecule has 1 fully saturated rings. The van der Waals surface area contributed by atoms with Crippen LogP contribution in [0.5, 0.6) is 0 Å². The third-order valence-electron chi connectivity index (χ3n) is 4.88. The molecule has 0 aromatic heterocycles. The molecule has 1 atom stereocenters. The van der Waals surface area contributed by atoms with E-state index in [0.717, 1.165) is 42.1 Å². The lowest BCUT2D eigenvalue weighted by atomic mass is 9.99. The van der Waals surface area contributed by atoms with E-state index in [1.165, 1.54) is 13.1 Å². The topological polar surface area (TPSA) is 32.8 Å². The monoisotopic (exact) mass is 414 g/mol. The minimum absolute atomic E-state index is 0.0234. The molecule has 0 spiro atoms. The number of benzene rings is 2. The lowest BCUT2D eigenvalue weighted by molar-refractivity contribution is -0.139. The summed E-state index contributed by atoms with van der Waals surface area (Å²) < 4.78 is 73.1. The zero-order valence-corrected chi connectivity index (χ0v) is 15.8. The summed E-state index contributed by atoms with van der Waals surface area (Å²) in [6.07, 6.45) is -4.61. The molecule has 1 amide bonds. The van der Waals surface area contributed by atoms with Gasteiger partial charge in [-0.25, -0.2) is 13.6 Å². The standard InChI is InChI=1S/C20H19F5N2O2/c1-26-10-4-7-17(26)29-19(28)27(2)16-9-8-12(21)11-14(16)13-5-3-6-15(18(13)22)20(23,24)25/h3,5-6,8-9,11,17H,4,7,10H2,1-2H3/t17-/m0/s1. The fourth-order valence-corrected chi connectivity index (χ4v) is 3.30. The lowest BCUT2D eigenvalue weighted by Crippen LogP contribution is -2.36. The number of anilines is 1. The van der Waals surface area contributed by atoms with Crippen molar-refractivity contribution in [1.82, 2.24) is 4.90 Å². The predicted octanol–water partition coefficient (Wildman–Crippen LogP) is 5.28. The zero-order chi connectivity index (χ0) is 21.3. The highest BCUT2D eigenvalue weighted by molar-refractivity contribution is 5.93. The quantitative estimate of drug-likeness (QED) is 0.641. The van der Waals surface area contributed by atoms with Gasteiger partial charge in [-0.1, -0.05) is 12.1 Å². The first-order valence-corrected chi connectivity index (χ1v) is 8.90. The van der Waals surface area contributed by atoms with E-state index in [-0.39, 0.29) is 11.3 Å². The second-order valence-corrected chi connectivity index (χ2v) is 6.85. The van der Waals surface area contributed by atoms with Crippen molar-refractivity contribution in [3.8, 4) is 11.1 Å². The smallest absolute Gasteiger partial charge is 0.419 e. The second kappa shape index (κ2) is 7.98. The van der Waals surface area contributed by atoms with Crippen LogP contribution in [0.15, 0.2) is 36.4 Å². The highest BCUT2D eigenvalue weighted by Crippen LogP contribution is 2.39.